The monoisotopic (exact) mass is 265 g/mol. The zero-order chi connectivity index (χ0) is 14.6. The molecule has 19 heavy (non-hydrogen) atoms. The Labute approximate surface area is 114 Å². The molecule has 0 saturated heterocycles. The van der Waals surface area contributed by atoms with Crippen LogP contribution in [-0.2, 0) is 0 Å². The fourth-order valence-electron chi connectivity index (χ4n) is 1.98. The van der Waals surface area contributed by atoms with Gasteiger partial charge in [-0.2, -0.15) is 0 Å². The maximum atomic E-state index is 11.1. The van der Waals surface area contributed by atoms with Crippen LogP contribution in [0.3, 0.4) is 0 Å². The maximum Gasteiger partial charge on any atom is 0.267 e. The van der Waals surface area contributed by atoms with Crippen LogP contribution in [0.1, 0.15) is 24.3 Å². The Kier molecular flexibility index (Phi) is 4.72. The number of hydrogen-bond donors (Lipinski definition) is 3. The van der Waals surface area contributed by atoms with Gasteiger partial charge in [-0.3, -0.25) is 4.79 Å². The summed E-state index contributed by atoms with van der Waals surface area (Å²) in [6, 6.07) is 3.15. The van der Waals surface area contributed by atoms with Crippen molar-refractivity contribution in [3.63, 3.8) is 0 Å². The van der Waals surface area contributed by atoms with Crippen LogP contribution >= 0.6 is 0 Å². The predicted octanol–water partition coefficient (Wildman–Crippen LogP) is 0.762. The van der Waals surface area contributed by atoms with E-state index in [2.05, 4.69) is 29.0 Å². The van der Waals surface area contributed by atoms with Crippen LogP contribution in [-0.4, -0.2) is 43.0 Å². The lowest BCUT2D eigenvalue weighted by Gasteiger charge is -2.28. The van der Waals surface area contributed by atoms with E-state index in [4.69, 9.17) is 11.5 Å². The Hall–Kier alpha value is -1.82. The van der Waals surface area contributed by atoms with E-state index >= 15 is 0 Å². The molecule has 0 unspecified atom stereocenters. The van der Waals surface area contributed by atoms with Crippen molar-refractivity contribution in [2.45, 2.75) is 13.8 Å². The van der Waals surface area contributed by atoms with Crippen LogP contribution in [0.15, 0.2) is 12.1 Å². The number of pyridine rings is 1. The highest BCUT2D eigenvalue weighted by Gasteiger charge is 2.19. The van der Waals surface area contributed by atoms with Gasteiger partial charge in [-0.15, -0.1) is 0 Å². The lowest BCUT2D eigenvalue weighted by atomic mass is 9.93. The number of primary amides is 1. The summed E-state index contributed by atoms with van der Waals surface area (Å²) in [5, 5.41) is 3.18. The second kappa shape index (κ2) is 5.88. The Balaban J connectivity index is 2.77. The van der Waals surface area contributed by atoms with Gasteiger partial charge in [-0.25, -0.2) is 4.98 Å². The van der Waals surface area contributed by atoms with E-state index in [0.29, 0.717) is 18.1 Å². The molecule has 1 rings (SSSR count). The molecule has 1 aromatic heterocycles. The van der Waals surface area contributed by atoms with Crippen molar-refractivity contribution in [3.05, 3.63) is 17.8 Å². The highest BCUT2D eigenvalue weighted by molar-refractivity contribution is 5.91. The van der Waals surface area contributed by atoms with Crippen molar-refractivity contribution in [3.8, 4) is 0 Å². The Morgan fingerprint density at radius 3 is 2.58 bits per heavy atom. The SMILES string of the molecule is CN(C)CC(C)(C)CNc1nc(C(N)=O)ccc1N. The van der Waals surface area contributed by atoms with Crippen LogP contribution in [0.5, 0.6) is 0 Å². The summed E-state index contributed by atoms with van der Waals surface area (Å²) in [7, 11) is 4.06. The van der Waals surface area contributed by atoms with Crippen molar-refractivity contribution in [1.29, 1.82) is 0 Å². The predicted molar refractivity (Wildman–Crippen MR) is 78.0 cm³/mol. The van der Waals surface area contributed by atoms with E-state index in [9.17, 15) is 4.79 Å². The summed E-state index contributed by atoms with van der Waals surface area (Å²) in [5.74, 6) is -0.0567. The van der Waals surface area contributed by atoms with E-state index in [0.717, 1.165) is 6.54 Å². The van der Waals surface area contributed by atoms with E-state index in [1.54, 1.807) is 6.07 Å². The van der Waals surface area contributed by atoms with Crippen LogP contribution in [0.2, 0.25) is 0 Å². The number of nitrogens with two attached hydrogens (primary N) is 2. The fourth-order valence-corrected chi connectivity index (χ4v) is 1.98. The van der Waals surface area contributed by atoms with E-state index < -0.39 is 5.91 Å². The number of aromatic nitrogens is 1. The second-order valence-corrected chi connectivity index (χ2v) is 5.75. The number of nitrogen functional groups attached to an aromatic ring is 1. The number of hydrogen-bond acceptors (Lipinski definition) is 5. The van der Waals surface area contributed by atoms with Crippen LogP contribution in [0.25, 0.3) is 0 Å². The second-order valence-electron chi connectivity index (χ2n) is 5.75. The quantitative estimate of drug-likeness (QED) is 0.705. The molecule has 0 bridgehead atoms. The van der Waals surface area contributed by atoms with Gasteiger partial charge < -0.3 is 21.7 Å². The van der Waals surface area contributed by atoms with Gasteiger partial charge in [0.25, 0.3) is 5.91 Å². The molecule has 0 saturated carbocycles. The Morgan fingerprint density at radius 1 is 1.42 bits per heavy atom. The van der Waals surface area contributed by atoms with Crippen molar-refractivity contribution < 1.29 is 4.79 Å². The van der Waals surface area contributed by atoms with E-state index in [1.807, 2.05) is 14.1 Å². The highest BCUT2D eigenvalue weighted by Crippen LogP contribution is 2.20. The number of amides is 1. The number of rotatable bonds is 6. The number of carbonyl (C=O) groups excluding carboxylic acids is 1. The van der Waals surface area contributed by atoms with Gasteiger partial charge in [0.1, 0.15) is 11.5 Å². The van der Waals surface area contributed by atoms with Gasteiger partial charge in [0, 0.05) is 13.1 Å². The van der Waals surface area contributed by atoms with Gasteiger partial charge in [0.15, 0.2) is 0 Å². The van der Waals surface area contributed by atoms with E-state index in [1.165, 1.54) is 6.07 Å². The first-order valence-electron chi connectivity index (χ1n) is 6.16. The van der Waals surface area contributed by atoms with Gasteiger partial charge >= 0.3 is 0 Å². The summed E-state index contributed by atoms with van der Waals surface area (Å²) >= 11 is 0. The largest absolute Gasteiger partial charge is 0.396 e. The van der Waals surface area contributed by atoms with E-state index in [-0.39, 0.29) is 11.1 Å². The minimum absolute atomic E-state index is 0.0559. The maximum absolute atomic E-state index is 11.1. The van der Waals surface area contributed by atoms with Crippen LogP contribution in [0, 0.1) is 5.41 Å². The number of nitrogens with one attached hydrogen (secondary N) is 1. The molecule has 0 atom stereocenters. The summed E-state index contributed by atoms with van der Waals surface area (Å²) in [5.41, 5.74) is 11.8. The third-order valence-electron chi connectivity index (χ3n) is 2.66. The number of nitrogens with zero attached hydrogens (tertiary/aromatic N) is 2. The number of carbonyl (C=O) groups is 1. The summed E-state index contributed by atoms with van der Waals surface area (Å²) in [4.78, 5) is 17.3. The lowest BCUT2D eigenvalue weighted by Crippen LogP contribution is -2.34. The molecule has 5 N–H and O–H groups in total. The molecule has 1 aromatic rings. The zero-order valence-corrected chi connectivity index (χ0v) is 12.0. The smallest absolute Gasteiger partial charge is 0.267 e. The lowest BCUT2D eigenvalue weighted by molar-refractivity contribution is 0.0996. The molecule has 106 valence electrons. The topological polar surface area (TPSA) is 97.3 Å². The molecule has 0 aliphatic heterocycles. The first-order valence-corrected chi connectivity index (χ1v) is 6.16. The molecule has 0 aromatic carbocycles. The molecule has 1 amide bonds. The molecule has 6 heteroatoms. The van der Waals surface area contributed by atoms with Gasteiger partial charge in [0.2, 0.25) is 0 Å². The molecule has 1 heterocycles. The van der Waals surface area contributed by atoms with Crippen molar-refractivity contribution in [1.82, 2.24) is 9.88 Å². The zero-order valence-electron chi connectivity index (χ0n) is 12.0. The summed E-state index contributed by atoms with van der Waals surface area (Å²) in [6.45, 7) is 5.92. The normalized spacial score (nSPS) is 11.6. The fraction of sp³-hybridized carbons (Fsp3) is 0.538. The third kappa shape index (κ3) is 4.75. The number of anilines is 2. The minimum Gasteiger partial charge on any atom is -0.396 e. The van der Waals surface area contributed by atoms with Crippen molar-refractivity contribution in [2.75, 3.05) is 38.2 Å². The molecule has 0 aliphatic rings. The molecule has 0 aliphatic carbocycles. The molecular formula is C13H23N5O. The first kappa shape index (κ1) is 15.2. The highest BCUT2D eigenvalue weighted by atomic mass is 16.1. The van der Waals surface area contributed by atoms with Crippen molar-refractivity contribution in [2.24, 2.45) is 11.1 Å². The summed E-state index contributed by atoms with van der Waals surface area (Å²) in [6.07, 6.45) is 0. The van der Waals surface area contributed by atoms with Gasteiger partial charge in [-0.1, -0.05) is 13.8 Å². The first-order chi connectivity index (χ1) is 8.71. The average molecular weight is 265 g/mol. The third-order valence-corrected chi connectivity index (χ3v) is 2.66. The molecule has 0 spiro atoms. The molecular weight excluding hydrogens is 242 g/mol. The minimum atomic E-state index is -0.560. The average Bonchev–Trinajstić information content (AvgIpc) is 2.25. The standard InChI is InChI=1S/C13H23N5O/c1-13(2,8-18(3)4)7-16-12-9(14)5-6-10(17-12)11(15)19/h5-6H,7-8,14H2,1-4H3,(H2,15,19)(H,16,17). The van der Waals surface area contributed by atoms with Crippen molar-refractivity contribution >= 4 is 17.4 Å². The van der Waals surface area contributed by atoms with Crippen LogP contribution < -0.4 is 16.8 Å². The van der Waals surface area contributed by atoms with Crippen LogP contribution in [0.4, 0.5) is 11.5 Å². The molecule has 6 nitrogen and oxygen atoms in total. The van der Waals surface area contributed by atoms with Gasteiger partial charge in [0.05, 0.1) is 5.69 Å². The molecule has 0 radical (unpaired) electrons. The molecule has 0 fully saturated rings. The Bertz CT molecular complexity index is 456. The summed E-state index contributed by atoms with van der Waals surface area (Å²) < 4.78 is 0. The Morgan fingerprint density at radius 2 is 2.05 bits per heavy atom. The van der Waals surface area contributed by atoms with Gasteiger partial charge in [-0.05, 0) is 31.6 Å².